The minimum absolute atomic E-state index is 0. The molecule has 1 aromatic carbocycles. The molecule has 2 N–H and O–H groups in total. The molecule has 1 heterocycles. The maximum Gasteiger partial charge on any atom is 0.226 e. The monoisotopic (exact) mass is 344 g/mol. The number of nitrogens with one attached hydrogen (secondary N) is 2. The van der Waals surface area contributed by atoms with Gasteiger partial charge in [0.15, 0.2) is 0 Å². The molecule has 1 atom stereocenters. The maximum absolute atomic E-state index is 12.2. The number of ether oxygens (including phenoxy) is 1. The van der Waals surface area contributed by atoms with Crippen LogP contribution in [0.3, 0.4) is 0 Å². The summed E-state index contributed by atoms with van der Waals surface area (Å²) in [7, 11) is 0. The summed E-state index contributed by atoms with van der Waals surface area (Å²) in [4.78, 5) is 12.2. The number of amides is 1. The number of benzene rings is 1. The molecule has 0 aromatic heterocycles. The molecule has 2 rings (SSSR count). The number of carbonyl (C=O) groups is 1. The molecule has 1 unspecified atom stereocenters. The van der Waals surface area contributed by atoms with Crippen LogP contribution in [0.4, 0.5) is 5.69 Å². The smallest absolute Gasteiger partial charge is 0.226 e. The van der Waals surface area contributed by atoms with E-state index < -0.39 is 0 Å². The zero-order valence-electron chi connectivity index (χ0n) is 13.3. The Hall–Kier alpha value is -0.910. The second-order valence-electron chi connectivity index (χ2n) is 6.19. The van der Waals surface area contributed by atoms with Gasteiger partial charge in [-0.1, -0.05) is 12.1 Å². The average Bonchev–Trinajstić information content (AvgIpc) is 2.40. The lowest BCUT2D eigenvalue weighted by Gasteiger charge is -2.24. The van der Waals surface area contributed by atoms with Gasteiger partial charge in [0.2, 0.25) is 5.91 Å². The van der Waals surface area contributed by atoms with Gasteiger partial charge in [-0.05, 0) is 32.9 Å². The van der Waals surface area contributed by atoms with Crippen LogP contribution in [0.2, 0.25) is 0 Å². The van der Waals surface area contributed by atoms with Crippen molar-refractivity contribution < 1.29 is 9.53 Å². The van der Waals surface area contributed by atoms with E-state index in [2.05, 4.69) is 10.6 Å². The number of hydrogen-bond acceptors (Lipinski definition) is 4. The number of hydrogen-bond donors (Lipinski definition) is 2. The molecular weight excluding hydrogens is 320 g/mol. The van der Waals surface area contributed by atoms with Crippen LogP contribution in [-0.4, -0.2) is 35.6 Å². The van der Waals surface area contributed by atoms with Crippen molar-refractivity contribution in [3.63, 3.8) is 0 Å². The van der Waals surface area contributed by atoms with Crippen molar-refractivity contribution in [2.24, 2.45) is 0 Å². The number of rotatable bonds is 4. The quantitative estimate of drug-likeness (QED) is 0.879. The summed E-state index contributed by atoms with van der Waals surface area (Å²) in [6, 6.07) is 7.84. The molecule has 4 nitrogen and oxygen atoms in total. The zero-order valence-corrected chi connectivity index (χ0v) is 15.0. The topological polar surface area (TPSA) is 50.4 Å². The van der Waals surface area contributed by atoms with Gasteiger partial charge in [0.1, 0.15) is 11.4 Å². The van der Waals surface area contributed by atoms with Crippen molar-refractivity contribution in [1.29, 1.82) is 0 Å². The minimum atomic E-state index is -0.289. The summed E-state index contributed by atoms with van der Waals surface area (Å²) >= 11 is 1.90. The Kier molecular flexibility index (Phi) is 7.53. The molecule has 1 aromatic rings. The third-order valence-corrected chi connectivity index (χ3v) is 4.14. The van der Waals surface area contributed by atoms with E-state index in [0.717, 1.165) is 23.7 Å². The first-order chi connectivity index (χ1) is 9.94. The van der Waals surface area contributed by atoms with Crippen molar-refractivity contribution in [2.75, 3.05) is 23.4 Å². The normalized spacial score (nSPS) is 18.2. The Morgan fingerprint density at radius 1 is 1.41 bits per heavy atom. The Labute approximate surface area is 143 Å². The van der Waals surface area contributed by atoms with E-state index in [0.29, 0.717) is 12.2 Å². The second-order valence-corrected chi connectivity index (χ2v) is 7.34. The third kappa shape index (κ3) is 6.46. The molecule has 0 bridgehead atoms. The highest BCUT2D eigenvalue weighted by atomic mass is 35.5. The Bertz CT molecular complexity index is 485. The van der Waals surface area contributed by atoms with Gasteiger partial charge in [0.05, 0.1) is 5.69 Å². The number of para-hydroxylation sites is 2. The first-order valence-electron chi connectivity index (χ1n) is 7.33. The molecule has 1 fully saturated rings. The molecule has 0 spiro atoms. The Morgan fingerprint density at radius 3 is 2.77 bits per heavy atom. The average molecular weight is 345 g/mol. The highest BCUT2D eigenvalue weighted by Gasteiger charge is 2.19. The lowest BCUT2D eigenvalue weighted by molar-refractivity contribution is -0.116. The maximum atomic E-state index is 12.2. The molecule has 1 amide bonds. The van der Waals surface area contributed by atoms with Crippen molar-refractivity contribution in [3.8, 4) is 5.75 Å². The fourth-order valence-electron chi connectivity index (χ4n) is 2.16. The van der Waals surface area contributed by atoms with Gasteiger partial charge < -0.3 is 15.4 Å². The van der Waals surface area contributed by atoms with E-state index in [-0.39, 0.29) is 30.0 Å². The SMILES string of the molecule is CC(C)(C)Oc1ccccc1NC(=O)CC1CSCCN1.Cl. The molecule has 22 heavy (non-hydrogen) atoms. The third-order valence-electron chi connectivity index (χ3n) is 3.01. The summed E-state index contributed by atoms with van der Waals surface area (Å²) in [5.74, 6) is 2.86. The largest absolute Gasteiger partial charge is 0.486 e. The van der Waals surface area contributed by atoms with Crippen molar-refractivity contribution in [1.82, 2.24) is 5.32 Å². The van der Waals surface area contributed by atoms with E-state index in [9.17, 15) is 4.79 Å². The molecule has 124 valence electrons. The first-order valence-corrected chi connectivity index (χ1v) is 8.48. The minimum Gasteiger partial charge on any atom is -0.486 e. The van der Waals surface area contributed by atoms with Crippen LogP contribution in [0.1, 0.15) is 27.2 Å². The molecule has 1 saturated heterocycles. The van der Waals surface area contributed by atoms with Crippen LogP contribution in [-0.2, 0) is 4.79 Å². The molecule has 0 saturated carbocycles. The molecule has 0 aliphatic carbocycles. The van der Waals surface area contributed by atoms with E-state index >= 15 is 0 Å². The van der Waals surface area contributed by atoms with E-state index in [1.807, 2.05) is 56.8 Å². The summed E-state index contributed by atoms with van der Waals surface area (Å²) in [5.41, 5.74) is 0.448. The molecule has 6 heteroatoms. The van der Waals surface area contributed by atoms with Crippen LogP contribution in [0.15, 0.2) is 24.3 Å². The molecule has 1 aliphatic rings. The van der Waals surface area contributed by atoms with Crippen molar-refractivity contribution in [3.05, 3.63) is 24.3 Å². The van der Waals surface area contributed by atoms with Crippen LogP contribution in [0, 0.1) is 0 Å². The van der Waals surface area contributed by atoms with Crippen LogP contribution < -0.4 is 15.4 Å². The predicted molar refractivity (Wildman–Crippen MR) is 96.4 cm³/mol. The molecule has 0 radical (unpaired) electrons. The lowest BCUT2D eigenvalue weighted by Crippen LogP contribution is -2.40. The van der Waals surface area contributed by atoms with Crippen LogP contribution >= 0.6 is 24.2 Å². The van der Waals surface area contributed by atoms with E-state index in [1.165, 1.54) is 0 Å². The van der Waals surface area contributed by atoms with Crippen LogP contribution in [0.5, 0.6) is 5.75 Å². The standard InChI is InChI=1S/C16H24N2O2S.ClH/c1-16(2,3)20-14-7-5-4-6-13(14)18-15(19)10-12-11-21-9-8-17-12;/h4-7,12,17H,8-11H2,1-3H3,(H,18,19);1H. The Balaban J connectivity index is 0.00000242. The number of halogens is 1. The summed E-state index contributed by atoms with van der Waals surface area (Å²) < 4.78 is 5.89. The Morgan fingerprint density at radius 2 is 2.14 bits per heavy atom. The van der Waals surface area contributed by atoms with E-state index in [1.54, 1.807) is 0 Å². The summed E-state index contributed by atoms with van der Waals surface area (Å²) in [6.07, 6.45) is 0.497. The fourth-order valence-corrected chi connectivity index (χ4v) is 3.11. The molecule has 1 aliphatic heterocycles. The van der Waals surface area contributed by atoms with Gasteiger partial charge in [-0.15, -0.1) is 12.4 Å². The van der Waals surface area contributed by atoms with Gasteiger partial charge in [-0.2, -0.15) is 11.8 Å². The fraction of sp³-hybridized carbons (Fsp3) is 0.562. The van der Waals surface area contributed by atoms with Crippen molar-refractivity contribution >= 4 is 35.8 Å². The van der Waals surface area contributed by atoms with Gasteiger partial charge in [0.25, 0.3) is 0 Å². The summed E-state index contributed by atoms with van der Waals surface area (Å²) in [5, 5.41) is 6.34. The lowest BCUT2D eigenvalue weighted by atomic mass is 10.2. The van der Waals surface area contributed by atoms with Gasteiger partial charge >= 0.3 is 0 Å². The highest BCUT2D eigenvalue weighted by Crippen LogP contribution is 2.27. The van der Waals surface area contributed by atoms with Crippen LogP contribution in [0.25, 0.3) is 0 Å². The highest BCUT2D eigenvalue weighted by molar-refractivity contribution is 7.99. The number of thioether (sulfide) groups is 1. The predicted octanol–water partition coefficient (Wildman–Crippen LogP) is 3.32. The van der Waals surface area contributed by atoms with E-state index in [4.69, 9.17) is 4.74 Å². The van der Waals surface area contributed by atoms with Crippen molar-refractivity contribution in [2.45, 2.75) is 38.8 Å². The number of anilines is 1. The van der Waals surface area contributed by atoms with Gasteiger partial charge in [-0.3, -0.25) is 4.79 Å². The first kappa shape index (κ1) is 19.1. The molecular formula is C16H25ClN2O2S. The van der Waals surface area contributed by atoms with Gasteiger partial charge in [0, 0.05) is 30.5 Å². The zero-order chi connectivity index (χ0) is 15.3. The second kappa shape index (κ2) is 8.65. The summed E-state index contributed by atoms with van der Waals surface area (Å²) in [6.45, 7) is 6.96. The number of carbonyl (C=O) groups excluding carboxylic acids is 1. The van der Waals surface area contributed by atoms with Gasteiger partial charge in [-0.25, -0.2) is 0 Å².